The van der Waals surface area contributed by atoms with Gasteiger partial charge in [-0.1, -0.05) is 40.2 Å². The minimum Gasteiger partial charge on any atom is -0.497 e. The average Bonchev–Trinajstić information content (AvgIpc) is 3.04. The Kier molecular flexibility index (Phi) is 6.32. The number of ether oxygens (including phenoxy) is 1. The van der Waals surface area contributed by atoms with E-state index >= 15 is 0 Å². The van der Waals surface area contributed by atoms with Crippen molar-refractivity contribution in [2.45, 2.75) is 13.5 Å². The lowest BCUT2D eigenvalue weighted by atomic mass is 10.00. The number of fused-ring (bicyclic) bond motifs is 1. The Morgan fingerprint density at radius 1 is 1.06 bits per heavy atom. The summed E-state index contributed by atoms with van der Waals surface area (Å²) >= 11 is 3.48. The lowest BCUT2D eigenvalue weighted by molar-refractivity contribution is 0.0981. The maximum atomic E-state index is 12.4. The van der Waals surface area contributed by atoms with E-state index in [2.05, 4.69) is 32.6 Å². The highest BCUT2D eigenvalue weighted by atomic mass is 79.9. The Labute approximate surface area is 201 Å². The fraction of sp³-hybridized carbons (Fsp3) is 0.160. The van der Waals surface area contributed by atoms with Gasteiger partial charge in [0.2, 0.25) is 10.0 Å². The number of hydrogen-bond donors (Lipinski definition) is 1. The molecule has 6 nitrogen and oxygen atoms in total. The number of nitrogens with zero attached hydrogens (tertiary/aromatic N) is 1. The van der Waals surface area contributed by atoms with Crippen molar-refractivity contribution >= 4 is 42.8 Å². The normalized spacial score (nSPS) is 11.5. The van der Waals surface area contributed by atoms with E-state index in [1.807, 2.05) is 48.0 Å². The van der Waals surface area contributed by atoms with Gasteiger partial charge >= 0.3 is 0 Å². The van der Waals surface area contributed by atoms with Gasteiger partial charge in [0.05, 0.1) is 13.4 Å². The van der Waals surface area contributed by atoms with E-state index in [1.54, 1.807) is 25.3 Å². The van der Waals surface area contributed by atoms with Gasteiger partial charge in [-0.3, -0.25) is 4.79 Å². The number of methoxy groups -OCH3 is 1. The molecule has 0 saturated carbocycles. The zero-order valence-corrected chi connectivity index (χ0v) is 20.8. The summed E-state index contributed by atoms with van der Waals surface area (Å²) in [6, 6.07) is 21.1. The zero-order chi connectivity index (χ0) is 23.8. The van der Waals surface area contributed by atoms with Crippen LogP contribution in [-0.4, -0.2) is 32.3 Å². The second-order valence-electron chi connectivity index (χ2n) is 7.84. The van der Waals surface area contributed by atoms with E-state index in [-0.39, 0.29) is 5.56 Å². The van der Waals surface area contributed by atoms with Crippen LogP contribution in [0.15, 0.2) is 71.2 Å². The first-order chi connectivity index (χ1) is 15.7. The third-order valence-electron chi connectivity index (χ3n) is 5.48. The smallest absolute Gasteiger partial charge is 0.264 e. The van der Waals surface area contributed by atoms with Crippen LogP contribution < -0.4 is 9.46 Å². The molecule has 0 radical (unpaired) electrons. The zero-order valence-electron chi connectivity index (χ0n) is 18.4. The van der Waals surface area contributed by atoms with Crippen LogP contribution in [-0.2, 0) is 16.6 Å². The summed E-state index contributed by atoms with van der Waals surface area (Å²) in [5, 5.41) is 0.990. The summed E-state index contributed by atoms with van der Waals surface area (Å²) in [6.45, 7) is 2.72. The number of halogens is 1. The van der Waals surface area contributed by atoms with Crippen molar-refractivity contribution in [3.63, 3.8) is 0 Å². The van der Waals surface area contributed by atoms with Crippen molar-refractivity contribution < 1.29 is 17.9 Å². The van der Waals surface area contributed by atoms with Crippen molar-refractivity contribution in [3.8, 4) is 16.9 Å². The minimum atomic E-state index is -3.66. The summed E-state index contributed by atoms with van der Waals surface area (Å²) in [5.41, 5.74) is 5.28. The Balaban J connectivity index is 1.87. The van der Waals surface area contributed by atoms with Gasteiger partial charge in [-0.25, -0.2) is 13.1 Å². The fourth-order valence-corrected chi connectivity index (χ4v) is 4.69. The monoisotopic (exact) mass is 526 g/mol. The molecule has 0 aliphatic carbocycles. The molecule has 170 valence electrons. The highest BCUT2D eigenvalue weighted by Gasteiger charge is 2.19. The largest absolute Gasteiger partial charge is 0.497 e. The number of benzene rings is 3. The van der Waals surface area contributed by atoms with Gasteiger partial charge in [-0.05, 0) is 60.5 Å². The topological polar surface area (TPSA) is 77.4 Å². The molecule has 33 heavy (non-hydrogen) atoms. The van der Waals surface area contributed by atoms with Crippen molar-refractivity contribution in [2.24, 2.45) is 0 Å². The highest BCUT2D eigenvalue weighted by molar-refractivity contribution is 9.10. The molecule has 0 saturated heterocycles. The third kappa shape index (κ3) is 4.96. The summed E-state index contributed by atoms with van der Waals surface area (Å²) in [7, 11) is -2.03. The Hall–Kier alpha value is -3.10. The number of rotatable bonds is 6. The van der Waals surface area contributed by atoms with E-state index in [9.17, 15) is 13.2 Å². The summed E-state index contributed by atoms with van der Waals surface area (Å²) < 4.78 is 33.8. The molecule has 1 aromatic heterocycles. The molecule has 0 fully saturated rings. The second-order valence-corrected chi connectivity index (χ2v) is 10.5. The van der Waals surface area contributed by atoms with Crippen LogP contribution in [0.1, 0.15) is 21.6 Å². The first kappa shape index (κ1) is 23.1. The van der Waals surface area contributed by atoms with E-state index in [0.717, 1.165) is 49.8 Å². The SMILES string of the molecule is COc1ccc2c(c1)c(-c1cccc(C(=O)NS(C)(=O)=O)c1)c(C)n2Cc1ccc(Br)cc1. The molecule has 0 aliphatic heterocycles. The van der Waals surface area contributed by atoms with Gasteiger partial charge in [0, 0.05) is 38.7 Å². The van der Waals surface area contributed by atoms with Gasteiger partial charge in [-0.2, -0.15) is 0 Å². The maximum absolute atomic E-state index is 12.4. The second kappa shape index (κ2) is 9.03. The Morgan fingerprint density at radius 2 is 1.79 bits per heavy atom. The summed E-state index contributed by atoms with van der Waals surface area (Å²) in [5.74, 6) is 0.0729. The first-order valence-electron chi connectivity index (χ1n) is 10.2. The van der Waals surface area contributed by atoms with Crippen molar-refractivity contribution in [1.29, 1.82) is 0 Å². The lowest BCUT2D eigenvalue weighted by Crippen LogP contribution is -2.29. The van der Waals surface area contributed by atoms with Gasteiger partial charge in [0.15, 0.2) is 0 Å². The molecule has 1 N–H and O–H groups in total. The molecule has 0 spiro atoms. The van der Waals surface area contributed by atoms with Crippen LogP contribution >= 0.6 is 15.9 Å². The molecular formula is C25H23BrN2O4S. The fourth-order valence-electron chi connectivity index (χ4n) is 3.97. The van der Waals surface area contributed by atoms with Crippen LogP contribution in [0.5, 0.6) is 5.75 Å². The number of amides is 1. The van der Waals surface area contributed by atoms with Gasteiger partial charge in [0.25, 0.3) is 5.91 Å². The number of carbonyl (C=O) groups excluding carboxylic acids is 1. The van der Waals surface area contributed by atoms with Crippen molar-refractivity contribution in [1.82, 2.24) is 9.29 Å². The van der Waals surface area contributed by atoms with Gasteiger partial charge in [0.1, 0.15) is 5.75 Å². The maximum Gasteiger partial charge on any atom is 0.264 e. The van der Waals surface area contributed by atoms with Crippen LogP contribution in [0.4, 0.5) is 0 Å². The predicted molar refractivity (Wildman–Crippen MR) is 134 cm³/mol. The Morgan fingerprint density at radius 3 is 2.45 bits per heavy atom. The molecule has 0 unspecified atom stereocenters. The molecule has 4 aromatic rings. The van der Waals surface area contributed by atoms with Crippen molar-refractivity contribution in [2.75, 3.05) is 13.4 Å². The quantitative estimate of drug-likeness (QED) is 0.378. The minimum absolute atomic E-state index is 0.272. The number of nitrogens with one attached hydrogen (secondary N) is 1. The number of sulfonamides is 1. The summed E-state index contributed by atoms with van der Waals surface area (Å²) in [6.07, 6.45) is 0.959. The number of aromatic nitrogens is 1. The van der Waals surface area contributed by atoms with Crippen LogP contribution in [0.3, 0.4) is 0 Å². The van der Waals surface area contributed by atoms with E-state index < -0.39 is 15.9 Å². The molecule has 4 rings (SSSR count). The molecule has 3 aromatic carbocycles. The standard InChI is InChI=1S/C25H23BrN2O4S/c1-16-24(18-5-4-6-19(13-18)25(29)27-33(3,30)31)22-14-21(32-2)11-12-23(22)28(16)15-17-7-9-20(26)10-8-17/h4-14H,15H2,1-3H3,(H,27,29). The number of carbonyl (C=O) groups is 1. The van der Waals surface area contributed by atoms with Crippen LogP contribution in [0.25, 0.3) is 22.0 Å². The molecule has 0 aliphatic rings. The molecule has 8 heteroatoms. The molecular weight excluding hydrogens is 504 g/mol. The molecule has 0 bridgehead atoms. The first-order valence-corrected chi connectivity index (χ1v) is 12.9. The van der Waals surface area contributed by atoms with Crippen LogP contribution in [0, 0.1) is 6.92 Å². The highest BCUT2D eigenvalue weighted by Crippen LogP contribution is 2.37. The predicted octanol–water partition coefficient (Wildman–Crippen LogP) is 5.13. The Bertz CT molecular complexity index is 1460. The molecule has 1 heterocycles. The van der Waals surface area contributed by atoms with E-state index in [1.165, 1.54) is 0 Å². The number of hydrogen-bond acceptors (Lipinski definition) is 4. The average molecular weight is 527 g/mol. The third-order valence-corrected chi connectivity index (χ3v) is 6.56. The molecule has 0 atom stereocenters. The van der Waals surface area contributed by atoms with E-state index in [0.29, 0.717) is 6.54 Å². The lowest BCUT2D eigenvalue weighted by Gasteiger charge is -2.10. The van der Waals surface area contributed by atoms with E-state index in [4.69, 9.17) is 4.74 Å². The summed E-state index contributed by atoms with van der Waals surface area (Å²) in [4.78, 5) is 12.4. The van der Waals surface area contributed by atoms with Gasteiger partial charge < -0.3 is 9.30 Å². The molecule has 1 amide bonds. The van der Waals surface area contributed by atoms with Gasteiger partial charge in [-0.15, -0.1) is 0 Å². The van der Waals surface area contributed by atoms with Crippen molar-refractivity contribution in [3.05, 3.63) is 88.0 Å². The van der Waals surface area contributed by atoms with Crippen LogP contribution in [0.2, 0.25) is 0 Å².